The minimum Gasteiger partial charge on any atom is -0.349 e. The Bertz CT molecular complexity index is 632. The van der Waals surface area contributed by atoms with Crippen LogP contribution in [0.2, 0.25) is 5.02 Å². The van der Waals surface area contributed by atoms with E-state index in [0.29, 0.717) is 17.3 Å². The molecule has 1 aromatic carbocycles. The normalized spacial score (nSPS) is 12.2. The van der Waals surface area contributed by atoms with E-state index < -0.39 is 0 Å². The largest absolute Gasteiger partial charge is 0.349 e. The number of benzene rings is 1. The molecule has 0 radical (unpaired) electrons. The van der Waals surface area contributed by atoms with Crippen LogP contribution in [0.1, 0.15) is 35.9 Å². The number of nitrogens with zero attached hydrogens (tertiary/aromatic N) is 3. The van der Waals surface area contributed by atoms with Crippen LogP contribution in [0.5, 0.6) is 0 Å². The molecule has 1 N–H and O–H groups in total. The summed E-state index contributed by atoms with van der Waals surface area (Å²) >= 11 is 6.35. The molecule has 1 heterocycles. The molecule has 0 aliphatic carbocycles. The highest BCUT2D eigenvalue weighted by molar-refractivity contribution is 6.31. The lowest BCUT2D eigenvalue weighted by atomic mass is 10.0. The second kappa shape index (κ2) is 8.60. The van der Waals surface area contributed by atoms with Crippen molar-refractivity contribution in [2.75, 3.05) is 19.6 Å². The van der Waals surface area contributed by atoms with Crippen LogP contribution in [0.25, 0.3) is 0 Å². The number of rotatable bonds is 7. The third-order valence-electron chi connectivity index (χ3n) is 3.77. The number of halogens is 1. The molecule has 0 aliphatic heterocycles. The van der Waals surface area contributed by atoms with Gasteiger partial charge in [-0.1, -0.05) is 43.6 Å². The van der Waals surface area contributed by atoms with Crippen molar-refractivity contribution >= 4 is 17.5 Å². The van der Waals surface area contributed by atoms with Crippen molar-refractivity contribution in [2.45, 2.75) is 19.9 Å². The maximum atomic E-state index is 12.2. The highest BCUT2D eigenvalue weighted by Crippen LogP contribution is 2.26. The number of hydrogen-bond donors (Lipinski definition) is 1. The molecular weight excluding hydrogens is 312 g/mol. The van der Waals surface area contributed by atoms with Crippen LogP contribution in [-0.2, 0) is 0 Å². The van der Waals surface area contributed by atoms with Crippen molar-refractivity contribution in [2.24, 2.45) is 0 Å². The van der Waals surface area contributed by atoms with Crippen molar-refractivity contribution in [3.8, 4) is 0 Å². The maximum absolute atomic E-state index is 12.2. The zero-order valence-electron chi connectivity index (χ0n) is 13.4. The van der Waals surface area contributed by atoms with E-state index in [1.165, 1.54) is 12.4 Å². The Labute approximate surface area is 141 Å². The van der Waals surface area contributed by atoms with Gasteiger partial charge < -0.3 is 5.32 Å². The number of carbonyl (C=O) groups is 1. The smallest absolute Gasteiger partial charge is 0.271 e. The van der Waals surface area contributed by atoms with Gasteiger partial charge >= 0.3 is 0 Å². The van der Waals surface area contributed by atoms with Crippen LogP contribution in [0.15, 0.2) is 42.9 Å². The number of carbonyl (C=O) groups excluding carboxylic acids is 1. The lowest BCUT2D eigenvalue weighted by molar-refractivity contribution is 0.0929. The van der Waals surface area contributed by atoms with Gasteiger partial charge in [0.15, 0.2) is 0 Å². The van der Waals surface area contributed by atoms with Gasteiger partial charge in [-0.2, -0.15) is 0 Å². The molecule has 0 saturated carbocycles. The number of aromatic nitrogens is 2. The van der Waals surface area contributed by atoms with E-state index in [-0.39, 0.29) is 11.9 Å². The summed E-state index contributed by atoms with van der Waals surface area (Å²) < 4.78 is 0. The van der Waals surface area contributed by atoms with Gasteiger partial charge in [0.05, 0.1) is 12.2 Å². The van der Waals surface area contributed by atoms with Gasteiger partial charge in [0.25, 0.3) is 5.91 Å². The molecule has 2 rings (SSSR count). The van der Waals surface area contributed by atoms with E-state index in [1.54, 1.807) is 6.20 Å². The molecule has 5 nitrogen and oxygen atoms in total. The molecule has 0 unspecified atom stereocenters. The Morgan fingerprint density at radius 1 is 1.26 bits per heavy atom. The molecule has 6 heteroatoms. The van der Waals surface area contributed by atoms with Gasteiger partial charge in [0.1, 0.15) is 5.69 Å². The van der Waals surface area contributed by atoms with Crippen LogP contribution < -0.4 is 5.32 Å². The van der Waals surface area contributed by atoms with Crippen LogP contribution in [0.3, 0.4) is 0 Å². The first-order valence-electron chi connectivity index (χ1n) is 7.70. The number of hydrogen-bond acceptors (Lipinski definition) is 4. The first kappa shape index (κ1) is 17.4. The van der Waals surface area contributed by atoms with Crippen LogP contribution in [0, 0.1) is 0 Å². The van der Waals surface area contributed by atoms with E-state index in [1.807, 2.05) is 24.3 Å². The van der Waals surface area contributed by atoms with Crippen LogP contribution in [0.4, 0.5) is 0 Å². The average Bonchev–Trinajstić information content (AvgIpc) is 2.60. The van der Waals surface area contributed by atoms with Crippen molar-refractivity contribution < 1.29 is 4.79 Å². The summed E-state index contributed by atoms with van der Waals surface area (Å²) in [4.78, 5) is 22.4. The van der Waals surface area contributed by atoms with Gasteiger partial charge in [0, 0.05) is 24.0 Å². The molecule has 1 atom stereocenters. The summed E-state index contributed by atoms with van der Waals surface area (Å²) in [6, 6.07) is 7.75. The van der Waals surface area contributed by atoms with Gasteiger partial charge in [-0.25, -0.2) is 4.98 Å². The van der Waals surface area contributed by atoms with Gasteiger partial charge in [-0.15, -0.1) is 0 Å². The minimum absolute atomic E-state index is 0.0133. The maximum Gasteiger partial charge on any atom is 0.271 e. The molecule has 0 bridgehead atoms. The fraction of sp³-hybridized carbons (Fsp3) is 0.353. The lowest BCUT2D eigenvalue weighted by Crippen LogP contribution is -2.38. The van der Waals surface area contributed by atoms with Crippen molar-refractivity contribution in [1.82, 2.24) is 20.2 Å². The van der Waals surface area contributed by atoms with Gasteiger partial charge in [-0.3, -0.25) is 14.7 Å². The Morgan fingerprint density at radius 2 is 2.00 bits per heavy atom. The molecular formula is C17H21ClN4O. The fourth-order valence-corrected chi connectivity index (χ4v) is 2.80. The monoisotopic (exact) mass is 332 g/mol. The van der Waals surface area contributed by atoms with E-state index in [0.717, 1.165) is 18.7 Å². The van der Waals surface area contributed by atoms with E-state index >= 15 is 0 Å². The average molecular weight is 333 g/mol. The summed E-state index contributed by atoms with van der Waals surface area (Å²) in [5, 5.41) is 3.64. The van der Waals surface area contributed by atoms with E-state index in [9.17, 15) is 4.79 Å². The Balaban J connectivity index is 2.15. The Hall–Kier alpha value is -1.98. The Kier molecular flexibility index (Phi) is 6.50. The molecule has 2 aromatic rings. The van der Waals surface area contributed by atoms with Crippen LogP contribution >= 0.6 is 11.6 Å². The molecule has 122 valence electrons. The number of amides is 1. The number of likely N-dealkylation sites (N-methyl/N-ethyl adjacent to an activating group) is 1. The fourth-order valence-electron chi connectivity index (χ4n) is 2.54. The summed E-state index contributed by atoms with van der Waals surface area (Å²) in [6.07, 6.45) is 4.50. The van der Waals surface area contributed by atoms with Crippen molar-refractivity contribution in [3.63, 3.8) is 0 Å². The summed E-state index contributed by atoms with van der Waals surface area (Å²) in [7, 11) is 0. The molecule has 0 aliphatic rings. The predicted molar refractivity (Wildman–Crippen MR) is 91.5 cm³/mol. The zero-order valence-corrected chi connectivity index (χ0v) is 14.1. The first-order valence-corrected chi connectivity index (χ1v) is 8.07. The second-order valence-electron chi connectivity index (χ2n) is 5.06. The van der Waals surface area contributed by atoms with Crippen molar-refractivity contribution in [3.05, 3.63) is 59.1 Å². The standard InChI is InChI=1S/C17H21ClN4O/c1-3-22(4-2)16(13-7-5-6-8-14(13)18)12-21-17(23)15-11-19-9-10-20-15/h5-11,16H,3-4,12H2,1-2H3,(H,21,23)/t16-/m1/s1. The molecule has 1 aromatic heterocycles. The summed E-state index contributed by atoms with van der Waals surface area (Å²) in [5.41, 5.74) is 1.32. The van der Waals surface area contributed by atoms with E-state index in [4.69, 9.17) is 11.6 Å². The molecule has 23 heavy (non-hydrogen) atoms. The molecule has 0 spiro atoms. The molecule has 0 saturated heterocycles. The van der Waals surface area contributed by atoms with Gasteiger partial charge in [-0.05, 0) is 24.7 Å². The summed E-state index contributed by atoms with van der Waals surface area (Å²) in [6.45, 7) is 6.39. The third-order valence-corrected chi connectivity index (χ3v) is 4.11. The lowest BCUT2D eigenvalue weighted by Gasteiger charge is -2.30. The molecule has 0 fully saturated rings. The number of nitrogens with one attached hydrogen (secondary N) is 1. The highest BCUT2D eigenvalue weighted by Gasteiger charge is 2.21. The SMILES string of the molecule is CCN(CC)[C@H](CNC(=O)c1cnccn1)c1ccccc1Cl. The second-order valence-corrected chi connectivity index (χ2v) is 5.47. The molecule has 1 amide bonds. The zero-order chi connectivity index (χ0) is 16.7. The van der Waals surface area contributed by atoms with Gasteiger partial charge in [0.2, 0.25) is 0 Å². The van der Waals surface area contributed by atoms with Crippen LogP contribution in [-0.4, -0.2) is 40.4 Å². The van der Waals surface area contributed by atoms with E-state index in [2.05, 4.69) is 34.0 Å². The summed E-state index contributed by atoms with van der Waals surface area (Å²) in [5.74, 6) is -0.234. The third kappa shape index (κ3) is 4.50. The minimum atomic E-state index is -0.234. The highest BCUT2D eigenvalue weighted by atomic mass is 35.5. The van der Waals surface area contributed by atoms with Crippen molar-refractivity contribution in [1.29, 1.82) is 0 Å². The quantitative estimate of drug-likeness (QED) is 0.847. The topological polar surface area (TPSA) is 58.1 Å². The predicted octanol–water partition coefficient (Wildman–Crippen LogP) is 2.94. The first-order chi connectivity index (χ1) is 11.2. The Morgan fingerprint density at radius 3 is 2.61 bits per heavy atom.